The van der Waals surface area contributed by atoms with Gasteiger partial charge in [0, 0.05) is 25.2 Å². The third-order valence-corrected chi connectivity index (χ3v) is 5.98. The molecule has 33 heavy (non-hydrogen) atoms. The van der Waals surface area contributed by atoms with E-state index in [1.807, 2.05) is 64.1 Å². The molecule has 0 saturated carbocycles. The van der Waals surface area contributed by atoms with E-state index in [9.17, 15) is 9.59 Å². The highest BCUT2D eigenvalue weighted by Crippen LogP contribution is 2.22. The Balaban J connectivity index is 1.61. The number of benzene rings is 2. The summed E-state index contributed by atoms with van der Waals surface area (Å²) >= 11 is 0. The number of rotatable bonds is 7. The van der Waals surface area contributed by atoms with Crippen LogP contribution in [0.1, 0.15) is 51.3 Å². The van der Waals surface area contributed by atoms with Gasteiger partial charge in [0.25, 0.3) is 0 Å². The zero-order valence-electron chi connectivity index (χ0n) is 20.4. The highest BCUT2D eigenvalue weighted by molar-refractivity contribution is 5.82. The zero-order valence-corrected chi connectivity index (χ0v) is 20.4. The van der Waals surface area contributed by atoms with Crippen LogP contribution in [0.2, 0.25) is 0 Å². The smallest absolute Gasteiger partial charge is 0.237 e. The Kier molecular flexibility index (Phi) is 8.64. The van der Waals surface area contributed by atoms with Gasteiger partial charge < -0.3 is 10.6 Å². The Bertz CT molecular complexity index is 856. The summed E-state index contributed by atoms with van der Waals surface area (Å²) in [5.41, 5.74) is 1.91. The van der Waals surface area contributed by atoms with Crippen molar-refractivity contribution in [2.75, 3.05) is 32.7 Å². The maximum Gasteiger partial charge on any atom is 0.237 e. The summed E-state index contributed by atoms with van der Waals surface area (Å²) in [4.78, 5) is 30.0. The normalized spacial score (nSPS) is 16.8. The molecule has 2 aromatic rings. The summed E-state index contributed by atoms with van der Waals surface area (Å²) in [6, 6.07) is 19.7. The number of hydrogen-bond donors (Lipinski definition) is 2. The molecule has 6 nitrogen and oxygen atoms in total. The van der Waals surface area contributed by atoms with E-state index in [0.717, 1.165) is 43.7 Å². The number of carbonyl (C=O) groups is 2. The molecule has 6 heteroatoms. The fourth-order valence-corrected chi connectivity index (χ4v) is 4.28. The topological polar surface area (TPSA) is 64.7 Å². The molecule has 1 saturated heterocycles. The monoisotopic (exact) mass is 450 g/mol. The standard InChI is InChI=1S/C27H38N4O2/c1-21(31-17-11-16-30(18-19-31)20-24(32)29-27(2,3)4)26(33)28-25(22-12-7-5-8-13-22)23-14-9-6-10-15-23/h5-10,12-15,21,25H,11,16-20H2,1-4H3,(H,28,33)(H,29,32)/t21-/m0/s1. The lowest BCUT2D eigenvalue weighted by molar-refractivity contribution is -0.126. The van der Waals surface area contributed by atoms with Crippen LogP contribution in [0.3, 0.4) is 0 Å². The van der Waals surface area contributed by atoms with Crippen molar-refractivity contribution in [1.82, 2.24) is 20.4 Å². The molecule has 0 bridgehead atoms. The minimum absolute atomic E-state index is 0.0200. The Morgan fingerprint density at radius 1 is 0.879 bits per heavy atom. The molecule has 2 aromatic carbocycles. The van der Waals surface area contributed by atoms with Crippen LogP contribution in [0.4, 0.5) is 0 Å². The van der Waals surface area contributed by atoms with Gasteiger partial charge in [0.2, 0.25) is 11.8 Å². The SMILES string of the molecule is C[C@@H](C(=O)NC(c1ccccc1)c1ccccc1)N1CCCN(CC(=O)NC(C)(C)C)CC1. The maximum absolute atomic E-state index is 13.3. The van der Waals surface area contributed by atoms with E-state index in [0.29, 0.717) is 6.54 Å². The summed E-state index contributed by atoms with van der Waals surface area (Å²) in [7, 11) is 0. The molecule has 1 heterocycles. The van der Waals surface area contributed by atoms with Crippen LogP contribution in [0.5, 0.6) is 0 Å². The lowest BCUT2D eigenvalue weighted by atomic mass is 9.98. The lowest BCUT2D eigenvalue weighted by Gasteiger charge is -2.29. The van der Waals surface area contributed by atoms with Crippen LogP contribution < -0.4 is 10.6 Å². The molecule has 0 unspecified atom stereocenters. The van der Waals surface area contributed by atoms with Crippen LogP contribution in [0.25, 0.3) is 0 Å². The number of nitrogens with one attached hydrogen (secondary N) is 2. The first-order chi connectivity index (χ1) is 15.7. The maximum atomic E-state index is 13.3. The third-order valence-electron chi connectivity index (χ3n) is 5.98. The second-order valence-corrected chi connectivity index (χ2v) is 9.90. The minimum Gasteiger partial charge on any atom is -0.350 e. The molecule has 0 aliphatic carbocycles. The highest BCUT2D eigenvalue weighted by Gasteiger charge is 2.27. The summed E-state index contributed by atoms with van der Waals surface area (Å²) in [5, 5.41) is 6.31. The van der Waals surface area contributed by atoms with E-state index < -0.39 is 0 Å². The van der Waals surface area contributed by atoms with Crippen LogP contribution in [-0.4, -0.2) is 65.9 Å². The summed E-state index contributed by atoms with van der Waals surface area (Å²) < 4.78 is 0. The Labute approximate surface area is 198 Å². The molecule has 2 amide bonds. The van der Waals surface area contributed by atoms with Crippen LogP contribution >= 0.6 is 0 Å². The van der Waals surface area contributed by atoms with E-state index in [-0.39, 0.29) is 29.4 Å². The van der Waals surface area contributed by atoms with Gasteiger partial charge in [-0.05, 0) is 51.8 Å². The van der Waals surface area contributed by atoms with Crippen molar-refractivity contribution >= 4 is 11.8 Å². The molecule has 178 valence electrons. The molecule has 3 rings (SSSR count). The molecule has 0 radical (unpaired) electrons. The van der Waals surface area contributed by atoms with Crippen molar-refractivity contribution in [1.29, 1.82) is 0 Å². The van der Waals surface area contributed by atoms with Gasteiger partial charge in [-0.2, -0.15) is 0 Å². The van der Waals surface area contributed by atoms with Gasteiger partial charge in [0.1, 0.15) is 0 Å². The van der Waals surface area contributed by atoms with Gasteiger partial charge in [0.05, 0.1) is 18.6 Å². The molecule has 0 spiro atoms. The van der Waals surface area contributed by atoms with Gasteiger partial charge in [-0.1, -0.05) is 60.7 Å². The quantitative estimate of drug-likeness (QED) is 0.680. The Morgan fingerprint density at radius 3 is 2.00 bits per heavy atom. The van der Waals surface area contributed by atoms with Gasteiger partial charge in [-0.25, -0.2) is 0 Å². The summed E-state index contributed by atoms with van der Waals surface area (Å²) in [6.07, 6.45) is 0.932. The summed E-state index contributed by atoms with van der Waals surface area (Å²) in [5.74, 6) is 0.0712. The largest absolute Gasteiger partial charge is 0.350 e. The highest BCUT2D eigenvalue weighted by atomic mass is 16.2. The predicted molar refractivity (Wildman–Crippen MR) is 133 cm³/mol. The fourth-order valence-electron chi connectivity index (χ4n) is 4.28. The fraction of sp³-hybridized carbons (Fsp3) is 0.481. The van der Waals surface area contributed by atoms with Crippen molar-refractivity contribution < 1.29 is 9.59 Å². The molecular weight excluding hydrogens is 412 g/mol. The Hall–Kier alpha value is -2.70. The van der Waals surface area contributed by atoms with Crippen LogP contribution in [0, 0.1) is 0 Å². The van der Waals surface area contributed by atoms with E-state index in [4.69, 9.17) is 0 Å². The number of nitrogens with zero attached hydrogens (tertiary/aromatic N) is 2. The molecule has 1 fully saturated rings. The van der Waals surface area contributed by atoms with E-state index in [1.54, 1.807) is 0 Å². The van der Waals surface area contributed by atoms with Crippen LogP contribution in [0.15, 0.2) is 60.7 Å². The van der Waals surface area contributed by atoms with Crippen molar-refractivity contribution in [2.24, 2.45) is 0 Å². The van der Waals surface area contributed by atoms with Gasteiger partial charge >= 0.3 is 0 Å². The van der Waals surface area contributed by atoms with Crippen molar-refractivity contribution in [2.45, 2.75) is 51.7 Å². The Morgan fingerprint density at radius 2 is 1.45 bits per heavy atom. The van der Waals surface area contributed by atoms with Crippen LogP contribution in [-0.2, 0) is 9.59 Å². The lowest BCUT2D eigenvalue weighted by Crippen LogP contribution is -2.48. The first kappa shape index (κ1) is 24.9. The van der Waals surface area contributed by atoms with Gasteiger partial charge in [-0.3, -0.25) is 19.4 Å². The predicted octanol–water partition coefficient (Wildman–Crippen LogP) is 3.20. The molecule has 0 aromatic heterocycles. The molecule has 1 atom stereocenters. The number of amides is 2. The molecule has 1 aliphatic heterocycles. The van der Waals surface area contributed by atoms with Crippen molar-refractivity contribution in [3.8, 4) is 0 Å². The zero-order chi connectivity index (χ0) is 23.8. The molecule has 1 aliphatic rings. The summed E-state index contributed by atoms with van der Waals surface area (Å²) in [6.45, 7) is 11.6. The number of carbonyl (C=O) groups excluding carboxylic acids is 2. The van der Waals surface area contributed by atoms with Gasteiger partial charge in [0.15, 0.2) is 0 Å². The molecule has 2 N–H and O–H groups in total. The average molecular weight is 451 g/mol. The van der Waals surface area contributed by atoms with Gasteiger partial charge in [-0.15, -0.1) is 0 Å². The second kappa shape index (κ2) is 11.4. The average Bonchev–Trinajstić information content (AvgIpc) is 3.02. The van der Waals surface area contributed by atoms with E-state index in [2.05, 4.69) is 44.7 Å². The van der Waals surface area contributed by atoms with E-state index in [1.165, 1.54) is 0 Å². The second-order valence-electron chi connectivity index (χ2n) is 9.90. The third kappa shape index (κ3) is 7.69. The first-order valence-electron chi connectivity index (χ1n) is 11.9. The van der Waals surface area contributed by atoms with Crippen molar-refractivity contribution in [3.05, 3.63) is 71.8 Å². The minimum atomic E-state index is -0.247. The number of hydrogen-bond acceptors (Lipinski definition) is 4. The molecular formula is C27H38N4O2. The van der Waals surface area contributed by atoms with Crippen molar-refractivity contribution in [3.63, 3.8) is 0 Å². The first-order valence-corrected chi connectivity index (χ1v) is 11.9. The van der Waals surface area contributed by atoms with E-state index >= 15 is 0 Å².